The molecular formula is C9H12ClN3S. The summed E-state index contributed by atoms with van der Waals surface area (Å²) in [4.78, 5) is 7.99. The number of halogens is 1. The number of hydrogen-bond acceptors (Lipinski definition) is 4. The Morgan fingerprint density at radius 3 is 3.21 bits per heavy atom. The number of hydrogen-bond donors (Lipinski definition) is 1. The zero-order chi connectivity index (χ0) is 9.80. The molecule has 0 spiro atoms. The Kier molecular flexibility index (Phi) is 3.61. The molecule has 2 rings (SSSR count). The van der Waals surface area contributed by atoms with Gasteiger partial charge in [-0.1, -0.05) is 11.6 Å². The first kappa shape index (κ1) is 10.2. The first-order valence-electron chi connectivity index (χ1n) is 4.68. The van der Waals surface area contributed by atoms with Crippen molar-refractivity contribution in [2.75, 3.05) is 12.3 Å². The first-order valence-corrected chi connectivity index (χ1v) is 6.05. The smallest absolute Gasteiger partial charge is 0.133 e. The molecule has 0 amide bonds. The van der Waals surface area contributed by atoms with Crippen molar-refractivity contribution in [3.8, 4) is 0 Å². The molecule has 5 heteroatoms. The normalized spacial score (nSPS) is 21.4. The molecule has 1 atom stereocenters. The lowest BCUT2D eigenvalue weighted by Gasteiger charge is -2.08. The average molecular weight is 230 g/mol. The molecule has 1 saturated heterocycles. The van der Waals surface area contributed by atoms with E-state index in [1.165, 1.54) is 19.2 Å². The molecule has 1 aliphatic rings. The Morgan fingerprint density at radius 2 is 2.50 bits per heavy atom. The first-order chi connectivity index (χ1) is 6.84. The van der Waals surface area contributed by atoms with Gasteiger partial charge >= 0.3 is 0 Å². The van der Waals surface area contributed by atoms with Gasteiger partial charge in [0.05, 0.1) is 0 Å². The van der Waals surface area contributed by atoms with Crippen molar-refractivity contribution < 1.29 is 0 Å². The highest BCUT2D eigenvalue weighted by Gasteiger charge is 2.14. The minimum absolute atomic E-state index is 0.516. The van der Waals surface area contributed by atoms with E-state index >= 15 is 0 Å². The van der Waals surface area contributed by atoms with Crippen molar-refractivity contribution in [2.45, 2.75) is 23.9 Å². The van der Waals surface area contributed by atoms with E-state index in [1.54, 1.807) is 17.8 Å². The molecule has 1 fully saturated rings. The maximum absolute atomic E-state index is 5.76. The molecule has 1 aromatic rings. The summed E-state index contributed by atoms with van der Waals surface area (Å²) in [5.74, 6) is 1.06. The van der Waals surface area contributed by atoms with E-state index in [1.807, 2.05) is 0 Å². The summed E-state index contributed by atoms with van der Waals surface area (Å²) < 4.78 is 0. The van der Waals surface area contributed by atoms with E-state index < -0.39 is 0 Å². The van der Waals surface area contributed by atoms with Crippen LogP contribution in [0.25, 0.3) is 0 Å². The molecule has 2 heterocycles. The van der Waals surface area contributed by atoms with E-state index in [2.05, 4.69) is 15.3 Å². The zero-order valence-electron chi connectivity index (χ0n) is 7.74. The third-order valence-corrected chi connectivity index (χ3v) is 3.50. The Balaban J connectivity index is 1.85. The Morgan fingerprint density at radius 1 is 1.57 bits per heavy atom. The number of rotatable bonds is 3. The molecule has 0 aliphatic carbocycles. The average Bonchev–Trinajstić information content (AvgIpc) is 2.67. The maximum atomic E-state index is 5.76. The molecule has 3 nitrogen and oxygen atoms in total. The van der Waals surface area contributed by atoms with Crippen molar-refractivity contribution in [2.24, 2.45) is 0 Å². The van der Waals surface area contributed by atoms with Crippen molar-refractivity contribution in [1.82, 2.24) is 15.3 Å². The van der Waals surface area contributed by atoms with Gasteiger partial charge in [0.15, 0.2) is 0 Å². The number of nitrogens with zero attached hydrogens (tertiary/aromatic N) is 2. The monoisotopic (exact) mass is 229 g/mol. The van der Waals surface area contributed by atoms with Crippen LogP contribution in [0.4, 0.5) is 0 Å². The standard InChI is InChI=1S/C9H12ClN3S/c10-8-4-9(13-6-12-8)14-5-7-2-1-3-11-7/h4,6-7,11H,1-3,5H2/t7-/m0/s1. The van der Waals surface area contributed by atoms with Crippen LogP contribution in [-0.4, -0.2) is 28.3 Å². The second-order valence-electron chi connectivity index (χ2n) is 3.28. The van der Waals surface area contributed by atoms with Gasteiger partial charge in [-0.25, -0.2) is 9.97 Å². The lowest BCUT2D eigenvalue weighted by Crippen LogP contribution is -2.23. The fourth-order valence-electron chi connectivity index (χ4n) is 1.48. The molecule has 0 aromatic carbocycles. The number of nitrogens with one attached hydrogen (secondary N) is 1. The summed E-state index contributed by atoms with van der Waals surface area (Å²) in [5.41, 5.74) is 0. The minimum Gasteiger partial charge on any atom is -0.313 e. The van der Waals surface area contributed by atoms with E-state index in [0.29, 0.717) is 11.2 Å². The molecule has 0 unspecified atom stereocenters. The molecule has 1 aliphatic heterocycles. The Hall–Kier alpha value is -0.320. The summed E-state index contributed by atoms with van der Waals surface area (Å²) in [6.07, 6.45) is 4.06. The maximum Gasteiger partial charge on any atom is 0.133 e. The van der Waals surface area contributed by atoms with Crippen molar-refractivity contribution in [3.63, 3.8) is 0 Å². The van der Waals surface area contributed by atoms with Crippen LogP contribution in [0.5, 0.6) is 0 Å². The van der Waals surface area contributed by atoms with E-state index in [-0.39, 0.29) is 0 Å². The topological polar surface area (TPSA) is 37.8 Å². The van der Waals surface area contributed by atoms with Gasteiger partial charge < -0.3 is 5.32 Å². The molecule has 0 saturated carbocycles. The molecule has 1 N–H and O–H groups in total. The van der Waals surface area contributed by atoms with Crippen LogP contribution < -0.4 is 5.32 Å². The second kappa shape index (κ2) is 4.96. The largest absolute Gasteiger partial charge is 0.313 e. The number of thioether (sulfide) groups is 1. The predicted molar refractivity (Wildman–Crippen MR) is 58.8 cm³/mol. The summed E-state index contributed by atoms with van der Waals surface area (Å²) in [6, 6.07) is 2.44. The minimum atomic E-state index is 0.516. The lowest BCUT2D eigenvalue weighted by atomic mass is 10.3. The lowest BCUT2D eigenvalue weighted by molar-refractivity contribution is 0.673. The van der Waals surface area contributed by atoms with Crippen LogP contribution in [0, 0.1) is 0 Å². The summed E-state index contributed by atoms with van der Waals surface area (Å²) in [5, 5.41) is 4.92. The Bertz CT molecular complexity index is 302. The highest BCUT2D eigenvalue weighted by molar-refractivity contribution is 7.99. The third-order valence-electron chi connectivity index (χ3n) is 2.20. The summed E-state index contributed by atoms with van der Waals surface area (Å²) in [7, 11) is 0. The highest BCUT2D eigenvalue weighted by Crippen LogP contribution is 2.20. The second-order valence-corrected chi connectivity index (χ2v) is 4.71. The van der Waals surface area contributed by atoms with Gasteiger partial charge in [0.2, 0.25) is 0 Å². The molecule has 14 heavy (non-hydrogen) atoms. The van der Waals surface area contributed by atoms with E-state index in [9.17, 15) is 0 Å². The van der Waals surface area contributed by atoms with Gasteiger partial charge in [-0.15, -0.1) is 11.8 Å². The molecule has 0 bridgehead atoms. The van der Waals surface area contributed by atoms with Gasteiger partial charge in [0.25, 0.3) is 0 Å². The zero-order valence-corrected chi connectivity index (χ0v) is 9.31. The molecular weight excluding hydrogens is 218 g/mol. The van der Waals surface area contributed by atoms with Crippen molar-refractivity contribution in [1.29, 1.82) is 0 Å². The van der Waals surface area contributed by atoms with Gasteiger partial charge in [-0.05, 0) is 19.4 Å². The fourth-order valence-corrected chi connectivity index (χ4v) is 2.67. The number of aromatic nitrogens is 2. The van der Waals surface area contributed by atoms with Crippen LogP contribution in [-0.2, 0) is 0 Å². The van der Waals surface area contributed by atoms with Crippen LogP contribution in [0.3, 0.4) is 0 Å². The predicted octanol–water partition coefficient (Wildman–Crippen LogP) is 1.97. The SMILES string of the molecule is Clc1cc(SC[C@@H]2CCCN2)ncn1. The van der Waals surface area contributed by atoms with Crippen LogP contribution in [0.15, 0.2) is 17.4 Å². The van der Waals surface area contributed by atoms with Crippen LogP contribution in [0.1, 0.15) is 12.8 Å². The summed E-state index contributed by atoms with van der Waals surface area (Å²) >= 11 is 7.49. The van der Waals surface area contributed by atoms with Crippen LogP contribution >= 0.6 is 23.4 Å². The van der Waals surface area contributed by atoms with Gasteiger partial charge in [-0.2, -0.15) is 0 Å². The molecule has 1 aromatic heterocycles. The van der Waals surface area contributed by atoms with Gasteiger partial charge in [0.1, 0.15) is 16.5 Å². The van der Waals surface area contributed by atoms with Crippen LogP contribution in [0.2, 0.25) is 5.15 Å². The van der Waals surface area contributed by atoms with Gasteiger partial charge in [0, 0.05) is 17.9 Å². The van der Waals surface area contributed by atoms with Crippen molar-refractivity contribution in [3.05, 3.63) is 17.5 Å². The third kappa shape index (κ3) is 2.83. The fraction of sp³-hybridized carbons (Fsp3) is 0.556. The Labute approximate surface area is 92.7 Å². The van der Waals surface area contributed by atoms with E-state index in [0.717, 1.165) is 17.3 Å². The van der Waals surface area contributed by atoms with Gasteiger partial charge in [-0.3, -0.25) is 0 Å². The van der Waals surface area contributed by atoms with Crippen molar-refractivity contribution >= 4 is 23.4 Å². The molecule has 76 valence electrons. The summed E-state index contributed by atoms with van der Waals surface area (Å²) in [6.45, 7) is 1.15. The van der Waals surface area contributed by atoms with E-state index in [4.69, 9.17) is 11.6 Å². The highest BCUT2D eigenvalue weighted by atomic mass is 35.5. The quantitative estimate of drug-likeness (QED) is 0.636. The molecule has 0 radical (unpaired) electrons.